The van der Waals surface area contributed by atoms with Crippen LogP contribution in [0.15, 0.2) is 12.1 Å². The molecule has 0 aliphatic carbocycles. The number of rotatable bonds is 3. The quantitative estimate of drug-likeness (QED) is 0.671. The van der Waals surface area contributed by atoms with E-state index < -0.39 is 17.7 Å². The van der Waals surface area contributed by atoms with Gasteiger partial charge in [0.05, 0.1) is 17.0 Å². The summed E-state index contributed by atoms with van der Waals surface area (Å²) in [5.41, 5.74) is 1.97. The molecule has 0 spiro atoms. The van der Waals surface area contributed by atoms with Gasteiger partial charge in [0.1, 0.15) is 0 Å². The van der Waals surface area contributed by atoms with Crippen molar-refractivity contribution in [2.45, 2.75) is 25.3 Å². The highest BCUT2D eigenvalue weighted by Crippen LogP contribution is 2.32. The molecule has 3 N–H and O–H groups in total. The smallest absolute Gasteiger partial charge is 0.259 e. The zero-order valence-electron chi connectivity index (χ0n) is 12.0. The summed E-state index contributed by atoms with van der Waals surface area (Å²) in [7, 11) is 1.72. The number of hydrogen-bond acceptors (Lipinski definition) is 5. The maximum Gasteiger partial charge on any atom is 0.259 e. The van der Waals surface area contributed by atoms with Gasteiger partial charge in [0, 0.05) is 13.0 Å². The molecule has 22 heavy (non-hydrogen) atoms. The largest absolute Gasteiger partial charge is 0.316 e. The first-order chi connectivity index (χ1) is 10.5. The standard InChI is InChI=1S/C15H15N3O4/c1-16-6-10-7(8-4-5-11(19)17-13(8)20)2-3-9-12(10)15(22)18-14(9)21/h2-3,8,16H,4-6H2,1H3,(H,17,19,20)(H,18,21,22). The fourth-order valence-electron chi connectivity index (χ4n) is 3.03. The van der Waals surface area contributed by atoms with Gasteiger partial charge in [-0.1, -0.05) is 6.07 Å². The van der Waals surface area contributed by atoms with Crippen molar-refractivity contribution in [3.05, 3.63) is 34.4 Å². The summed E-state index contributed by atoms with van der Waals surface area (Å²) < 4.78 is 0. The van der Waals surface area contributed by atoms with E-state index >= 15 is 0 Å². The molecule has 1 saturated heterocycles. The first-order valence-corrected chi connectivity index (χ1v) is 7.02. The Morgan fingerprint density at radius 1 is 1.14 bits per heavy atom. The van der Waals surface area contributed by atoms with Crippen molar-refractivity contribution < 1.29 is 19.2 Å². The Morgan fingerprint density at radius 3 is 2.59 bits per heavy atom. The monoisotopic (exact) mass is 301 g/mol. The number of imide groups is 2. The lowest BCUT2D eigenvalue weighted by Gasteiger charge is -2.24. The Labute approximate surface area is 126 Å². The van der Waals surface area contributed by atoms with E-state index in [4.69, 9.17) is 0 Å². The third-order valence-corrected chi connectivity index (χ3v) is 4.02. The summed E-state index contributed by atoms with van der Waals surface area (Å²) in [4.78, 5) is 47.2. The molecule has 1 atom stereocenters. The second-order valence-corrected chi connectivity index (χ2v) is 5.37. The van der Waals surface area contributed by atoms with Gasteiger partial charge in [-0.3, -0.25) is 29.8 Å². The second kappa shape index (κ2) is 5.34. The van der Waals surface area contributed by atoms with E-state index in [1.807, 2.05) is 0 Å². The van der Waals surface area contributed by atoms with E-state index in [0.717, 1.165) is 0 Å². The summed E-state index contributed by atoms with van der Waals surface area (Å²) in [6.45, 7) is 0.358. The molecular weight excluding hydrogens is 286 g/mol. The topological polar surface area (TPSA) is 104 Å². The minimum atomic E-state index is -0.491. The van der Waals surface area contributed by atoms with Gasteiger partial charge < -0.3 is 5.32 Å². The molecule has 7 nitrogen and oxygen atoms in total. The third kappa shape index (κ3) is 2.19. The summed E-state index contributed by atoms with van der Waals surface area (Å²) in [6.07, 6.45) is 0.660. The number of nitrogens with one attached hydrogen (secondary N) is 3. The lowest BCUT2D eigenvalue weighted by atomic mass is 9.84. The van der Waals surface area contributed by atoms with E-state index in [2.05, 4.69) is 16.0 Å². The van der Waals surface area contributed by atoms with Crippen molar-refractivity contribution in [2.75, 3.05) is 7.05 Å². The van der Waals surface area contributed by atoms with Gasteiger partial charge in [0.2, 0.25) is 11.8 Å². The van der Waals surface area contributed by atoms with Crippen molar-refractivity contribution in [1.29, 1.82) is 0 Å². The van der Waals surface area contributed by atoms with Crippen LogP contribution in [0.3, 0.4) is 0 Å². The Morgan fingerprint density at radius 2 is 1.91 bits per heavy atom. The van der Waals surface area contributed by atoms with Crippen molar-refractivity contribution in [1.82, 2.24) is 16.0 Å². The molecular formula is C15H15N3O4. The molecule has 0 saturated carbocycles. The first-order valence-electron chi connectivity index (χ1n) is 7.02. The molecule has 7 heteroatoms. The highest BCUT2D eigenvalue weighted by atomic mass is 16.2. The number of benzene rings is 1. The van der Waals surface area contributed by atoms with Crippen LogP contribution in [0.4, 0.5) is 0 Å². The van der Waals surface area contributed by atoms with Crippen LogP contribution in [-0.4, -0.2) is 30.7 Å². The van der Waals surface area contributed by atoms with E-state index in [1.54, 1.807) is 19.2 Å². The summed E-state index contributed by atoms with van der Waals surface area (Å²) in [6, 6.07) is 3.26. The highest BCUT2D eigenvalue weighted by molar-refractivity contribution is 6.22. The van der Waals surface area contributed by atoms with Crippen LogP contribution in [0.2, 0.25) is 0 Å². The Kier molecular flexibility index (Phi) is 3.50. The zero-order chi connectivity index (χ0) is 15.9. The van der Waals surface area contributed by atoms with E-state index in [-0.39, 0.29) is 18.2 Å². The molecule has 1 unspecified atom stereocenters. The van der Waals surface area contributed by atoms with Crippen molar-refractivity contribution in [3.8, 4) is 0 Å². The summed E-state index contributed by atoms with van der Waals surface area (Å²) in [5, 5.41) is 7.55. The fraction of sp³-hybridized carbons (Fsp3) is 0.333. The number of amides is 4. The maximum absolute atomic E-state index is 12.1. The van der Waals surface area contributed by atoms with E-state index in [0.29, 0.717) is 35.2 Å². The number of fused-ring (bicyclic) bond motifs is 1. The average molecular weight is 301 g/mol. The minimum Gasteiger partial charge on any atom is -0.316 e. The van der Waals surface area contributed by atoms with Gasteiger partial charge >= 0.3 is 0 Å². The molecule has 2 aliphatic heterocycles. The van der Waals surface area contributed by atoms with Crippen molar-refractivity contribution >= 4 is 23.6 Å². The molecule has 114 valence electrons. The van der Waals surface area contributed by atoms with Crippen LogP contribution >= 0.6 is 0 Å². The number of hydrogen-bond donors (Lipinski definition) is 3. The Balaban J connectivity index is 2.11. The minimum absolute atomic E-state index is 0.262. The molecule has 0 radical (unpaired) electrons. The third-order valence-electron chi connectivity index (χ3n) is 4.02. The van der Waals surface area contributed by atoms with Gasteiger partial charge in [0.15, 0.2) is 0 Å². The van der Waals surface area contributed by atoms with Gasteiger partial charge in [-0.25, -0.2) is 0 Å². The Hall–Kier alpha value is -2.54. The lowest BCUT2D eigenvalue weighted by Crippen LogP contribution is -2.40. The van der Waals surface area contributed by atoms with Crippen LogP contribution in [0.25, 0.3) is 0 Å². The van der Waals surface area contributed by atoms with Gasteiger partial charge in [-0.15, -0.1) is 0 Å². The number of carbonyl (C=O) groups is 4. The molecule has 1 aromatic carbocycles. The van der Waals surface area contributed by atoms with Gasteiger partial charge in [-0.2, -0.15) is 0 Å². The van der Waals surface area contributed by atoms with Crippen LogP contribution in [0.1, 0.15) is 50.6 Å². The molecule has 2 heterocycles. The molecule has 0 aromatic heterocycles. The van der Waals surface area contributed by atoms with Crippen LogP contribution in [0.5, 0.6) is 0 Å². The SMILES string of the molecule is CNCc1c(C2CCC(=O)NC2=O)ccc2c1C(=O)NC2=O. The zero-order valence-corrected chi connectivity index (χ0v) is 12.0. The second-order valence-electron chi connectivity index (χ2n) is 5.37. The maximum atomic E-state index is 12.1. The number of piperidine rings is 1. The van der Waals surface area contributed by atoms with Crippen LogP contribution < -0.4 is 16.0 Å². The lowest BCUT2D eigenvalue weighted by molar-refractivity contribution is -0.134. The van der Waals surface area contributed by atoms with Crippen LogP contribution in [-0.2, 0) is 16.1 Å². The highest BCUT2D eigenvalue weighted by Gasteiger charge is 2.35. The van der Waals surface area contributed by atoms with E-state index in [9.17, 15) is 19.2 Å². The molecule has 1 aromatic rings. The Bertz CT molecular complexity index is 711. The predicted molar refractivity (Wildman–Crippen MR) is 76.1 cm³/mol. The first kappa shape index (κ1) is 14.4. The molecule has 4 amide bonds. The van der Waals surface area contributed by atoms with Crippen LogP contribution in [0, 0.1) is 0 Å². The normalized spacial score (nSPS) is 20.7. The number of carbonyl (C=O) groups excluding carboxylic acids is 4. The van der Waals surface area contributed by atoms with E-state index in [1.165, 1.54) is 0 Å². The molecule has 2 aliphatic rings. The summed E-state index contributed by atoms with van der Waals surface area (Å²) in [5.74, 6) is -2.01. The van der Waals surface area contributed by atoms with Crippen molar-refractivity contribution in [2.24, 2.45) is 0 Å². The average Bonchev–Trinajstić information content (AvgIpc) is 2.75. The molecule has 0 bridgehead atoms. The predicted octanol–water partition coefficient (Wildman–Crippen LogP) is -0.190. The molecule has 1 fully saturated rings. The fourth-order valence-corrected chi connectivity index (χ4v) is 3.03. The summed E-state index contributed by atoms with van der Waals surface area (Å²) >= 11 is 0. The van der Waals surface area contributed by atoms with Crippen molar-refractivity contribution in [3.63, 3.8) is 0 Å². The molecule has 3 rings (SSSR count). The van der Waals surface area contributed by atoms with Gasteiger partial charge in [0.25, 0.3) is 11.8 Å². The van der Waals surface area contributed by atoms with Gasteiger partial charge in [-0.05, 0) is 30.7 Å².